The summed E-state index contributed by atoms with van der Waals surface area (Å²) in [5, 5.41) is 22.9. The van der Waals surface area contributed by atoms with Crippen molar-refractivity contribution in [2.75, 3.05) is 0 Å². The van der Waals surface area contributed by atoms with E-state index in [1.165, 1.54) is 130 Å². The minimum atomic E-state index is 1.24. The Morgan fingerprint density at radius 3 is 1.29 bits per heavy atom. The van der Waals surface area contributed by atoms with E-state index in [4.69, 9.17) is 0 Å². The predicted octanol–water partition coefficient (Wildman–Crippen LogP) is 16.5. The van der Waals surface area contributed by atoms with Crippen LogP contribution in [0.5, 0.6) is 0 Å². The van der Waals surface area contributed by atoms with E-state index >= 15 is 0 Å². The molecule has 0 bridgehead atoms. The smallest absolute Gasteiger partial charge is 0.00134 e. The zero-order chi connectivity index (χ0) is 37.9. The zero-order valence-electron chi connectivity index (χ0n) is 31.6. The summed E-state index contributed by atoms with van der Waals surface area (Å²) in [4.78, 5) is 0. The van der Waals surface area contributed by atoms with Gasteiger partial charge in [0.25, 0.3) is 0 Å². The Labute approximate surface area is 335 Å². The first-order valence-corrected chi connectivity index (χ1v) is 20.3. The van der Waals surface area contributed by atoms with Gasteiger partial charge in [0.15, 0.2) is 0 Å². The molecule has 0 nitrogen and oxygen atoms in total. The van der Waals surface area contributed by atoms with Gasteiger partial charge in [-0.3, -0.25) is 0 Å². The van der Waals surface area contributed by atoms with Crippen LogP contribution >= 0.6 is 0 Å². The maximum atomic E-state index is 2.52. The molecular formula is C58H34. The second-order valence-electron chi connectivity index (χ2n) is 15.9. The molecule has 0 spiro atoms. The van der Waals surface area contributed by atoms with Crippen molar-refractivity contribution in [3.8, 4) is 33.4 Å². The molecule has 0 aliphatic heterocycles. The van der Waals surface area contributed by atoms with Crippen molar-refractivity contribution in [1.29, 1.82) is 0 Å². The van der Waals surface area contributed by atoms with Crippen LogP contribution in [0.2, 0.25) is 0 Å². The van der Waals surface area contributed by atoms with Crippen LogP contribution in [0.3, 0.4) is 0 Å². The van der Waals surface area contributed by atoms with Crippen molar-refractivity contribution in [2.45, 2.75) is 0 Å². The van der Waals surface area contributed by atoms with Crippen LogP contribution in [-0.4, -0.2) is 0 Å². The van der Waals surface area contributed by atoms with E-state index in [-0.39, 0.29) is 0 Å². The highest BCUT2D eigenvalue weighted by molar-refractivity contribution is 6.30. The standard InChI is InChI=1S/C58H34/c1-4-17-41-35(12-1)26-29-50-52(41)34-54(51-32-39-13-2-5-18-42(39)44-20-7-9-22-46(44)51)58(53-33-40-14-3-6-19-43(40)45-21-8-10-23-47(45)53)57(50)49-31-28-38-25-24-36-15-11-16-37-27-30-48(49)56(38)55(36)37/h1-34H. The van der Waals surface area contributed by atoms with Crippen molar-refractivity contribution in [2.24, 2.45) is 0 Å². The van der Waals surface area contributed by atoms with Crippen molar-refractivity contribution in [3.63, 3.8) is 0 Å². The first-order chi connectivity index (χ1) is 28.8. The average molecular weight is 731 g/mol. The molecule has 0 saturated carbocycles. The molecule has 0 N–H and O–H groups in total. The molecule has 13 aromatic rings. The molecule has 0 unspecified atom stereocenters. The molecule has 0 aliphatic rings. The van der Waals surface area contributed by atoms with Gasteiger partial charge in [-0.1, -0.05) is 188 Å². The van der Waals surface area contributed by atoms with E-state index in [1.54, 1.807) is 0 Å². The van der Waals surface area contributed by atoms with E-state index < -0.39 is 0 Å². The van der Waals surface area contributed by atoms with Gasteiger partial charge in [-0.2, -0.15) is 0 Å². The van der Waals surface area contributed by atoms with Gasteiger partial charge in [0.1, 0.15) is 0 Å². The molecule has 13 rings (SSSR count). The fraction of sp³-hybridized carbons (Fsp3) is 0. The average Bonchev–Trinajstić information content (AvgIpc) is 3.29. The largest absolute Gasteiger partial charge is 0.0616 e. The molecule has 0 heteroatoms. The van der Waals surface area contributed by atoms with Crippen LogP contribution in [-0.2, 0) is 0 Å². The highest BCUT2D eigenvalue weighted by Crippen LogP contribution is 2.52. The minimum Gasteiger partial charge on any atom is -0.0616 e. The predicted molar refractivity (Wildman–Crippen MR) is 251 cm³/mol. The lowest BCUT2D eigenvalue weighted by Gasteiger charge is -2.24. The van der Waals surface area contributed by atoms with E-state index in [0.717, 1.165) is 0 Å². The maximum absolute atomic E-state index is 2.52. The molecule has 0 saturated heterocycles. The number of fused-ring (bicyclic) bond motifs is 9. The first-order valence-electron chi connectivity index (χ1n) is 20.3. The van der Waals surface area contributed by atoms with Gasteiger partial charge >= 0.3 is 0 Å². The molecule has 0 amide bonds. The van der Waals surface area contributed by atoms with Gasteiger partial charge in [-0.05, 0) is 149 Å². The van der Waals surface area contributed by atoms with Crippen LogP contribution in [0.15, 0.2) is 206 Å². The second-order valence-corrected chi connectivity index (χ2v) is 15.9. The number of hydrogen-bond donors (Lipinski definition) is 0. The van der Waals surface area contributed by atoms with Gasteiger partial charge in [0.05, 0.1) is 0 Å². The molecule has 0 radical (unpaired) electrons. The van der Waals surface area contributed by atoms with E-state index in [1.807, 2.05) is 0 Å². The van der Waals surface area contributed by atoms with Crippen molar-refractivity contribution >= 4 is 97.0 Å². The fourth-order valence-corrected chi connectivity index (χ4v) is 10.4. The van der Waals surface area contributed by atoms with E-state index in [0.29, 0.717) is 0 Å². The minimum absolute atomic E-state index is 1.24. The Bertz CT molecular complexity index is 3830. The van der Waals surface area contributed by atoms with Crippen LogP contribution in [0.1, 0.15) is 0 Å². The van der Waals surface area contributed by atoms with Crippen LogP contribution in [0.25, 0.3) is 130 Å². The zero-order valence-corrected chi connectivity index (χ0v) is 31.6. The van der Waals surface area contributed by atoms with Crippen LogP contribution < -0.4 is 0 Å². The Balaban J connectivity index is 1.31. The van der Waals surface area contributed by atoms with E-state index in [9.17, 15) is 0 Å². The molecule has 266 valence electrons. The second kappa shape index (κ2) is 12.0. The number of hydrogen-bond acceptors (Lipinski definition) is 0. The lowest BCUT2D eigenvalue weighted by atomic mass is 9.78. The number of rotatable bonds is 3. The Hall–Kier alpha value is -7.54. The molecule has 0 aromatic heterocycles. The van der Waals surface area contributed by atoms with Gasteiger partial charge in [0, 0.05) is 0 Å². The summed E-state index contributed by atoms with van der Waals surface area (Å²) in [7, 11) is 0. The summed E-state index contributed by atoms with van der Waals surface area (Å²) in [6.45, 7) is 0. The summed E-state index contributed by atoms with van der Waals surface area (Å²) in [6, 6.07) is 77.6. The monoisotopic (exact) mass is 730 g/mol. The molecule has 0 aliphatic carbocycles. The molecule has 0 fully saturated rings. The summed E-state index contributed by atoms with van der Waals surface area (Å²) in [6.07, 6.45) is 0. The summed E-state index contributed by atoms with van der Waals surface area (Å²) < 4.78 is 0. The van der Waals surface area contributed by atoms with E-state index in [2.05, 4.69) is 206 Å². The number of benzene rings is 13. The van der Waals surface area contributed by atoms with Gasteiger partial charge in [-0.15, -0.1) is 0 Å². The van der Waals surface area contributed by atoms with Gasteiger partial charge in [-0.25, -0.2) is 0 Å². The fourth-order valence-electron chi connectivity index (χ4n) is 10.4. The first kappa shape index (κ1) is 31.6. The normalized spacial score (nSPS) is 12.1. The SMILES string of the molecule is c1ccc2c(c1)cc(-c1cc3c(ccc4ccccc43)c(-c3ccc4ccc5cccc6ccc3c4c56)c1-c1cc3ccccc3c3ccccc13)c1ccccc12. The Kier molecular flexibility index (Phi) is 6.54. The quantitative estimate of drug-likeness (QED) is 0.159. The Morgan fingerprint density at radius 2 is 0.621 bits per heavy atom. The van der Waals surface area contributed by atoms with Crippen molar-refractivity contribution in [3.05, 3.63) is 206 Å². The topological polar surface area (TPSA) is 0 Å². The third-order valence-electron chi connectivity index (χ3n) is 12.9. The highest BCUT2D eigenvalue weighted by atomic mass is 14.3. The molecule has 13 aromatic carbocycles. The third-order valence-corrected chi connectivity index (χ3v) is 12.9. The third kappa shape index (κ3) is 4.40. The molecular weight excluding hydrogens is 697 g/mol. The maximum Gasteiger partial charge on any atom is -0.00134 e. The van der Waals surface area contributed by atoms with Crippen LogP contribution in [0.4, 0.5) is 0 Å². The lowest BCUT2D eigenvalue weighted by molar-refractivity contribution is 1.65. The summed E-state index contributed by atoms with van der Waals surface area (Å²) >= 11 is 0. The van der Waals surface area contributed by atoms with Crippen molar-refractivity contribution in [1.82, 2.24) is 0 Å². The molecule has 58 heavy (non-hydrogen) atoms. The van der Waals surface area contributed by atoms with Gasteiger partial charge in [0.2, 0.25) is 0 Å². The molecule has 0 heterocycles. The van der Waals surface area contributed by atoms with Gasteiger partial charge < -0.3 is 0 Å². The van der Waals surface area contributed by atoms with Crippen molar-refractivity contribution < 1.29 is 0 Å². The lowest BCUT2D eigenvalue weighted by Crippen LogP contribution is -1.97. The molecule has 0 atom stereocenters. The highest BCUT2D eigenvalue weighted by Gasteiger charge is 2.25. The summed E-state index contributed by atoms with van der Waals surface area (Å²) in [5.74, 6) is 0. The Morgan fingerprint density at radius 1 is 0.172 bits per heavy atom. The van der Waals surface area contributed by atoms with Crippen LogP contribution in [0, 0.1) is 0 Å². The summed E-state index contributed by atoms with van der Waals surface area (Å²) in [5.41, 5.74) is 7.53.